The van der Waals surface area contributed by atoms with Gasteiger partial charge in [0.25, 0.3) is 0 Å². The first-order chi connectivity index (χ1) is 8.63. The van der Waals surface area contributed by atoms with Crippen molar-refractivity contribution >= 4 is 0 Å². The van der Waals surface area contributed by atoms with E-state index >= 15 is 0 Å². The van der Waals surface area contributed by atoms with Gasteiger partial charge in [0, 0.05) is 6.54 Å². The minimum Gasteiger partial charge on any atom is -0.330 e. The average Bonchev–Trinajstić information content (AvgIpc) is 2.85. The van der Waals surface area contributed by atoms with Crippen LogP contribution in [0.4, 0.5) is 0 Å². The highest BCUT2D eigenvalue weighted by Crippen LogP contribution is 2.26. The van der Waals surface area contributed by atoms with Gasteiger partial charge in [-0.15, -0.1) is 0 Å². The molecule has 1 unspecified atom stereocenters. The van der Waals surface area contributed by atoms with Gasteiger partial charge in [0.15, 0.2) is 0 Å². The Morgan fingerprint density at radius 2 is 1.89 bits per heavy atom. The third kappa shape index (κ3) is 3.33. The second kappa shape index (κ2) is 5.85. The summed E-state index contributed by atoms with van der Waals surface area (Å²) in [6.07, 6.45) is 3.79. The maximum atomic E-state index is 6.06. The molecule has 2 rings (SSSR count). The highest BCUT2D eigenvalue weighted by atomic mass is 15.1. The Morgan fingerprint density at radius 3 is 2.50 bits per heavy atom. The van der Waals surface area contributed by atoms with E-state index in [1.807, 2.05) is 0 Å². The van der Waals surface area contributed by atoms with Crippen molar-refractivity contribution in [1.29, 1.82) is 0 Å². The van der Waals surface area contributed by atoms with Crippen molar-refractivity contribution in [3.63, 3.8) is 0 Å². The smallest absolute Gasteiger partial charge is 0.00506 e. The van der Waals surface area contributed by atoms with Gasteiger partial charge in [0.05, 0.1) is 0 Å². The molecule has 1 saturated heterocycles. The van der Waals surface area contributed by atoms with E-state index in [9.17, 15) is 0 Å². The van der Waals surface area contributed by atoms with E-state index in [2.05, 4.69) is 43.0 Å². The van der Waals surface area contributed by atoms with Crippen LogP contribution in [0.15, 0.2) is 24.3 Å². The van der Waals surface area contributed by atoms with Crippen LogP contribution in [0.3, 0.4) is 0 Å². The molecule has 0 bridgehead atoms. The molecule has 1 aromatic rings. The zero-order valence-electron chi connectivity index (χ0n) is 11.8. The maximum absolute atomic E-state index is 6.06. The standard InChI is InChI=1S/C16H26N2/c1-14-7-3-4-8-15(14)11-16(2,12-17)13-18-9-5-6-10-18/h3-4,7-8H,5-6,9-13,17H2,1-2H3. The van der Waals surface area contributed by atoms with Crippen molar-refractivity contribution < 1.29 is 0 Å². The van der Waals surface area contributed by atoms with Crippen LogP contribution in [0.5, 0.6) is 0 Å². The van der Waals surface area contributed by atoms with Gasteiger partial charge < -0.3 is 10.6 Å². The summed E-state index contributed by atoms with van der Waals surface area (Å²) in [6.45, 7) is 8.93. The van der Waals surface area contributed by atoms with Crippen LogP contribution in [0, 0.1) is 12.3 Å². The van der Waals surface area contributed by atoms with Gasteiger partial charge in [-0.1, -0.05) is 31.2 Å². The second-order valence-corrected chi connectivity index (χ2v) is 6.10. The van der Waals surface area contributed by atoms with E-state index < -0.39 is 0 Å². The lowest BCUT2D eigenvalue weighted by Gasteiger charge is -2.33. The predicted octanol–water partition coefficient (Wildman–Crippen LogP) is 2.60. The summed E-state index contributed by atoms with van der Waals surface area (Å²) in [5, 5.41) is 0. The molecule has 1 aliphatic heterocycles. The summed E-state index contributed by atoms with van der Waals surface area (Å²) in [4.78, 5) is 2.57. The van der Waals surface area contributed by atoms with Crippen LogP contribution in [0.25, 0.3) is 0 Å². The molecule has 0 amide bonds. The number of rotatable bonds is 5. The van der Waals surface area contributed by atoms with Crippen molar-refractivity contribution in [3.8, 4) is 0 Å². The van der Waals surface area contributed by atoms with Crippen LogP contribution < -0.4 is 5.73 Å². The molecule has 2 N–H and O–H groups in total. The van der Waals surface area contributed by atoms with Crippen molar-refractivity contribution in [2.75, 3.05) is 26.2 Å². The third-order valence-corrected chi connectivity index (χ3v) is 4.18. The molecule has 0 aliphatic carbocycles. The number of benzene rings is 1. The molecule has 2 nitrogen and oxygen atoms in total. The van der Waals surface area contributed by atoms with Gasteiger partial charge in [-0.25, -0.2) is 0 Å². The number of likely N-dealkylation sites (tertiary alicyclic amines) is 1. The Labute approximate surface area is 111 Å². The number of hydrogen-bond acceptors (Lipinski definition) is 2. The van der Waals surface area contributed by atoms with Gasteiger partial charge in [-0.2, -0.15) is 0 Å². The Kier molecular flexibility index (Phi) is 4.41. The summed E-state index contributed by atoms with van der Waals surface area (Å²) in [5.74, 6) is 0. The van der Waals surface area contributed by atoms with E-state index in [1.165, 1.54) is 37.1 Å². The molecule has 1 heterocycles. The van der Waals surface area contributed by atoms with E-state index in [0.717, 1.165) is 19.5 Å². The molecule has 1 atom stereocenters. The molecule has 0 spiro atoms. The molecule has 1 fully saturated rings. The van der Waals surface area contributed by atoms with Crippen LogP contribution in [-0.4, -0.2) is 31.1 Å². The quantitative estimate of drug-likeness (QED) is 0.865. The van der Waals surface area contributed by atoms with E-state index in [1.54, 1.807) is 0 Å². The molecule has 2 heteroatoms. The van der Waals surface area contributed by atoms with E-state index in [0.29, 0.717) is 0 Å². The first-order valence-electron chi connectivity index (χ1n) is 7.10. The van der Waals surface area contributed by atoms with Gasteiger partial charge in [-0.3, -0.25) is 0 Å². The molecule has 1 aliphatic rings. The number of hydrogen-bond donors (Lipinski definition) is 1. The van der Waals surface area contributed by atoms with Gasteiger partial charge in [0.1, 0.15) is 0 Å². The summed E-state index contributed by atoms with van der Waals surface area (Å²) < 4.78 is 0. The monoisotopic (exact) mass is 246 g/mol. The van der Waals surface area contributed by atoms with Crippen molar-refractivity contribution in [2.24, 2.45) is 11.1 Å². The minimum atomic E-state index is 0.205. The highest BCUT2D eigenvalue weighted by molar-refractivity contribution is 5.26. The molecular weight excluding hydrogens is 220 g/mol. The van der Waals surface area contributed by atoms with Crippen molar-refractivity contribution in [2.45, 2.75) is 33.1 Å². The summed E-state index contributed by atoms with van der Waals surface area (Å²) in [6, 6.07) is 8.68. The number of nitrogens with two attached hydrogens (primary N) is 1. The molecule has 0 aromatic heterocycles. The molecule has 100 valence electrons. The fraction of sp³-hybridized carbons (Fsp3) is 0.625. The average molecular weight is 246 g/mol. The maximum Gasteiger partial charge on any atom is 0.00506 e. The van der Waals surface area contributed by atoms with Crippen LogP contribution in [0.2, 0.25) is 0 Å². The normalized spacial score (nSPS) is 19.9. The lowest BCUT2D eigenvalue weighted by Crippen LogP contribution is -2.41. The summed E-state index contributed by atoms with van der Waals surface area (Å²) >= 11 is 0. The van der Waals surface area contributed by atoms with E-state index in [-0.39, 0.29) is 5.41 Å². The fourth-order valence-corrected chi connectivity index (χ4v) is 2.94. The van der Waals surface area contributed by atoms with Crippen LogP contribution in [0.1, 0.15) is 30.9 Å². The van der Waals surface area contributed by atoms with Crippen LogP contribution >= 0.6 is 0 Å². The zero-order chi connectivity index (χ0) is 13.0. The van der Waals surface area contributed by atoms with Gasteiger partial charge >= 0.3 is 0 Å². The lowest BCUT2D eigenvalue weighted by molar-refractivity contribution is 0.196. The highest BCUT2D eigenvalue weighted by Gasteiger charge is 2.27. The first-order valence-corrected chi connectivity index (χ1v) is 7.10. The Balaban J connectivity index is 2.05. The first kappa shape index (κ1) is 13.6. The van der Waals surface area contributed by atoms with Crippen molar-refractivity contribution in [3.05, 3.63) is 35.4 Å². The molecule has 1 aromatic carbocycles. The van der Waals surface area contributed by atoms with Gasteiger partial charge in [-0.05, 0) is 62.4 Å². The second-order valence-electron chi connectivity index (χ2n) is 6.10. The molecule has 0 saturated carbocycles. The number of nitrogens with zero attached hydrogens (tertiary/aromatic N) is 1. The molecule has 18 heavy (non-hydrogen) atoms. The molecule has 0 radical (unpaired) electrons. The summed E-state index contributed by atoms with van der Waals surface area (Å²) in [5.41, 5.74) is 9.10. The predicted molar refractivity (Wildman–Crippen MR) is 77.7 cm³/mol. The topological polar surface area (TPSA) is 29.3 Å². The third-order valence-electron chi connectivity index (χ3n) is 4.18. The lowest BCUT2D eigenvalue weighted by atomic mass is 9.82. The summed E-state index contributed by atoms with van der Waals surface area (Å²) in [7, 11) is 0. The Morgan fingerprint density at radius 1 is 1.22 bits per heavy atom. The van der Waals surface area contributed by atoms with E-state index in [4.69, 9.17) is 5.73 Å². The van der Waals surface area contributed by atoms with Crippen molar-refractivity contribution in [1.82, 2.24) is 4.90 Å². The fourth-order valence-electron chi connectivity index (χ4n) is 2.94. The Hall–Kier alpha value is -0.860. The SMILES string of the molecule is Cc1ccccc1CC(C)(CN)CN1CCCC1. The minimum absolute atomic E-state index is 0.205. The number of aryl methyl sites for hydroxylation is 1. The largest absolute Gasteiger partial charge is 0.330 e. The van der Waals surface area contributed by atoms with Gasteiger partial charge in [0.2, 0.25) is 0 Å². The van der Waals surface area contributed by atoms with Crippen LogP contribution in [-0.2, 0) is 6.42 Å². The Bertz CT molecular complexity index is 382. The zero-order valence-corrected chi connectivity index (χ0v) is 11.8. The molecular formula is C16H26N2.